The van der Waals surface area contributed by atoms with E-state index in [0.717, 1.165) is 32.5 Å². The average molecular weight is 265 g/mol. The molecule has 0 unspecified atom stereocenters. The van der Waals surface area contributed by atoms with E-state index in [1.54, 1.807) is 12.1 Å². The van der Waals surface area contributed by atoms with Crippen LogP contribution in [0.1, 0.15) is 23.2 Å². The van der Waals surface area contributed by atoms with E-state index in [0.29, 0.717) is 11.6 Å². The van der Waals surface area contributed by atoms with Gasteiger partial charge in [0, 0.05) is 18.7 Å². The third-order valence-electron chi connectivity index (χ3n) is 3.68. The third-order valence-corrected chi connectivity index (χ3v) is 3.68. The molecule has 0 saturated carbocycles. The summed E-state index contributed by atoms with van der Waals surface area (Å²) in [5.41, 5.74) is 5.91. The van der Waals surface area contributed by atoms with Gasteiger partial charge >= 0.3 is 0 Å². The van der Waals surface area contributed by atoms with Gasteiger partial charge in [-0.2, -0.15) is 0 Å². The number of carbonyl (C=O) groups is 1. The Kier molecular flexibility index (Phi) is 4.37. The first-order valence-corrected chi connectivity index (χ1v) is 6.60. The number of halogens is 1. The molecule has 0 aromatic heterocycles. The lowest BCUT2D eigenvalue weighted by Gasteiger charge is -2.33. The summed E-state index contributed by atoms with van der Waals surface area (Å²) < 4.78 is 14.0. The van der Waals surface area contributed by atoms with E-state index in [2.05, 4.69) is 5.32 Å². The van der Waals surface area contributed by atoms with Gasteiger partial charge in [0.15, 0.2) is 0 Å². The molecular formula is C14H20FN3O. The van der Waals surface area contributed by atoms with Gasteiger partial charge in [-0.1, -0.05) is 0 Å². The summed E-state index contributed by atoms with van der Waals surface area (Å²) in [4.78, 5) is 13.0. The van der Waals surface area contributed by atoms with Crippen LogP contribution in [0.15, 0.2) is 18.2 Å². The van der Waals surface area contributed by atoms with Crippen molar-refractivity contribution in [2.75, 3.05) is 31.6 Å². The molecule has 4 nitrogen and oxygen atoms in total. The van der Waals surface area contributed by atoms with Crippen LogP contribution in [-0.2, 0) is 0 Å². The molecule has 1 heterocycles. The summed E-state index contributed by atoms with van der Waals surface area (Å²) in [6.45, 7) is 2.70. The van der Waals surface area contributed by atoms with Crippen LogP contribution in [-0.4, -0.2) is 32.6 Å². The Labute approximate surface area is 112 Å². The van der Waals surface area contributed by atoms with Crippen molar-refractivity contribution < 1.29 is 9.18 Å². The molecule has 1 fully saturated rings. The Hall–Kier alpha value is -1.62. The second kappa shape index (κ2) is 6.02. The number of carbonyl (C=O) groups excluding carboxylic acids is 1. The van der Waals surface area contributed by atoms with E-state index < -0.39 is 5.91 Å². The van der Waals surface area contributed by atoms with Crippen LogP contribution >= 0.6 is 0 Å². The average Bonchev–Trinajstić information content (AvgIpc) is 2.40. The van der Waals surface area contributed by atoms with Gasteiger partial charge in [-0.3, -0.25) is 4.79 Å². The number of anilines is 1. The van der Waals surface area contributed by atoms with Crippen molar-refractivity contribution in [3.8, 4) is 0 Å². The summed E-state index contributed by atoms with van der Waals surface area (Å²) in [5.74, 6) is -0.309. The molecule has 1 aliphatic rings. The quantitative estimate of drug-likeness (QED) is 0.864. The second-order valence-electron chi connectivity index (χ2n) is 5.02. The van der Waals surface area contributed by atoms with Crippen LogP contribution in [0, 0.1) is 11.7 Å². The van der Waals surface area contributed by atoms with E-state index in [-0.39, 0.29) is 11.4 Å². The molecule has 1 amide bonds. The lowest BCUT2D eigenvalue weighted by Crippen LogP contribution is -2.37. The van der Waals surface area contributed by atoms with Crippen LogP contribution in [0.3, 0.4) is 0 Å². The molecule has 0 aliphatic carbocycles. The summed E-state index contributed by atoms with van der Waals surface area (Å²) in [6.07, 6.45) is 2.11. The van der Waals surface area contributed by atoms with Crippen LogP contribution in [0.25, 0.3) is 0 Å². The molecule has 2 rings (SSSR count). The van der Waals surface area contributed by atoms with Crippen LogP contribution in [0.4, 0.5) is 10.1 Å². The summed E-state index contributed by atoms with van der Waals surface area (Å²) in [5, 5.41) is 3.18. The number of hydrogen-bond donors (Lipinski definition) is 2. The van der Waals surface area contributed by atoms with Crippen molar-refractivity contribution in [3.63, 3.8) is 0 Å². The molecule has 3 N–H and O–H groups in total. The first kappa shape index (κ1) is 13.8. The molecule has 1 aromatic carbocycles. The molecule has 104 valence electrons. The molecule has 0 spiro atoms. The molecule has 0 atom stereocenters. The zero-order valence-corrected chi connectivity index (χ0v) is 11.2. The normalized spacial score (nSPS) is 16.6. The highest BCUT2D eigenvalue weighted by atomic mass is 19.1. The highest BCUT2D eigenvalue weighted by molar-refractivity contribution is 5.93. The SMILES string of the molecule is CNCC1CCN(c2ccc(C(N)=O)cc2F)CC1. The largest absolute Gasteiger partial charge is 0.369 e. The first-order chi connectivity index (χ1) is 9.11. The van der Waals surface area contributed by atoms with Crippen molar-refractivity contribution in [3.05, 3.63) is 29.6 Å². The number of rotatable bonds is 4. The Balaban J connectivity index is 2.05. The van der Waals surface area contributed by atoms with Crippen molar-refractivity contribution in [1.29, 1.82) is 0 Å². The molecular weight excluding hydrogens is 245 g/mol. The van der Waals surface area contributed by atoms with Crippen molar-refractivity contribution in [2.45, 2.75) is 12.8 Å². The van der Waals surface area contributed by atoms with E-state index in [1.165, 1.54) is 6.07 Å². The van der Waals surface area contributed by atoms with Gasteiger partial charge in [0.1, 0.15) is 5.82 Å². The fourth-order valence-electron chi connectivity index (χ4n) is 2.58. The van der Waals surface area contributed by atoms with Crippen LogP contribution < -0.4 is 16.0 Å². The summed E-state index contributed by atoms with van der Waals surface area (Å²) in [7, 11) is 1.95. The van der Waals surface area contributed by atoms with Crippen LogP contribution in [0.2, 0.25) is 0 Å². The van der Waals surface area contributed by atoms with Gasteiger partial charge in [0.2, 0.25) is 5.91 Å². The minimum absolute atomic E-state index is 0.214. The Morgan fingerprint density at radius 2 is 2.16 bits per heavy atom. The third kappa shape index (κ3) is 3.23. The molecule has 19 heavy (non-hydrogen) atoms. The fraction of sp³-hybridized carbons (Fsp3) is 0.500. The smallest absolute Gasteiger partial charge is 0.248 e. The molecule has 1 saturated heterocycles. The van der Waals surface area contributed by atoms with Crippen molar-refractivity contribution >= 4 is 11.6 Å². The van der Waals surface area contributed by atoms with Gasteiger partial charge in [-0.05, 0) is 50.6 Å². The number of amides is 1. The van der Waals surface area contributed by atoms with E-state index in [9.17, 15) is 9.18 Å². The van der Waals surface area contributed by atoms with Gasteiger partial charge < -0.3 is 16.0 Å². The maximum Gasteiger partial charge on any atom is 0.248 e. The number of primary amides is 1. The zero-order valence-electron chi connectivity index (χ0n) is 11.2. The predicted octanol–water partition coefficient (Wildman–Crippen LogP) is 1.36. The molecule has 5 heteroatoms. The highest BCUT2D eigenvalue weighted by Crippen LogP contribution is 2.26. The molecule has 1 aliphatic heterocycles. The highest BCUT2D eigenvalue weighted by Gasteiger charge is 2.21. The Bertz CT molecular complexity index is 456. The van der Waals surface area contributed by atoms with Gasteiger partial charge in [0.25, 0.3) is 0 Å². The summed E-state index contributed by atoms with van der Waals surface area (Å²) in [6, 6.07) is 4.45. The van der Waals surface area contributed by atoms with Gasteiger partial charge in [-0.25, -0.2) is 4.39 Å². The van der Waals surface area contributed by atoms with E-state index >= 15 is 0 Å². The number of piperidine rings is 1. The number of nitrogens with zero attached hydrogens (tertiary/aromatic N) is 1. The fourth-order valence-corrected chi connectivity index (χ4v) is 2.58. The van der Waals surface area contributed by atoms with Gasteiger partial charge in [-0.15, -0.1) is 0 Å². The number of hydrogen-bond acceptors (Lipinski definition) is 3. The minimum Gasteiger partial charge on any atom is -0.369 e. The minimum atomic E-state index is -0.599. The maximum absolute atomic E-state index is 14.0. The topological polar surface area (TPSA) is 58.4 Å². The Morgan fingerprint density at radius 3 is 2.68 bits per heavy atom. The molecule has 0 bridgehead atoms. The summed E-state index contributed by atoms with van der Waals surface area (Å²) >= 11 is 0. The van der Waals surface area contributed by atoms with Crippen LogP contribution in [0.5, 0.6) is 0 Å². The van der Waals surface area contributed by atoms with E-state index in [1.807, 2.05) is 11.9 Å². The number of nitrogens with two attached hydrogens (primary N) is 1. The predicted molar refractivity (Wildman–Crippen MR) is 73.8 cm³/mol. The lowest BCUT2D eigenvalue weighted by atomic mass is 9.96. The monoisotopic (exact) mass is 265 g/mol. The Morgan fingerprint density at radius 1 is 1.47 bits per heavy atom. The van der Waals surface area contributed by atoms with Crippen molar-refractivity contribution in [2.24, 2.45) is 11.7 Å². The zero-order chi connectivity index (χ0) is 13.8. The number of nitrogens with one attached hydrogen (secondary N) is 1. The van der Waals surface area contributed by atoms with Gasteiger partial charge in [0.05, 0.1) is 5.69 Å². The van der Waals surface area contributed by atoms with E-state index in [4.69, 9.17) is 5.73 Å². The first-order valence-electron chi connectivity index (χ1n) is 6.60. The van der Waals surface area contributed by atoms with Crippen molar-refractivity contribution in [1.82, 2.24) is 5.32 Å². The number of benzene rings is 1. The second-order valence-corrected chi connectivity index (χ2v) is 5.02. The molecule has 1 aromatic rings. The standard InChI is InChI=1S/C14H20FN3O/c1-17-9-10-4-6-18(7-5-10)13-3-2-11(14(16)19)8-12(13)15/h2-3,8,10,17H,4-7,9H2,1H3,(H2,16,19). The molecule has 0 radical (unpaired) electrons. The lowest BCUT2D eigenvalue weighted by molar-refractivity contribution is 0.1000. The maximum atomic E-state index is 14.0.